The number of carbonyl (C=O) groups is 2. The maximum Gasteiger partial charge on any atom is 0.249 e. The van der Waals surface area contributed by atoms with E-state index in [2.05, 4.69) is 26.9 Å². The molecule has 3 N–H and O–H groups in total. The molecule has 2 fully saturated rings. The first-order chi connectivity index (χ1) is 10.2. The lowest BCUT2D eigenvalue weighted by atomic mass is 10.1. The molecule has 0 spiro atoms. The number of benzene rings is 1. The lowest BCUT2D eigenvalue weighted by Crippen LogP contribution is -2.48. The van der Waals surface area contributed by atoms with Crippen LogP contribution in [0, 0.1) is 0 Å². The van der Waals surface area contributed by atoms with Crippen LogP contribution in [0.3, 0.4) is 0 Å². The summed E-state index contributed by atoms with van der Waals surface area (Å²) in [6.07, 6.45) is 0.930. The molecule has 0 aromatic heterocycles. The molecular weight excluding hydrogens is 304 g/mol. The fraction of sp³-hybridized carbons (Fsp3) is 0.467. The molecule has 7 heteroatoms. The van der Waals surface area contributed by atoms with Gasteiger partial charge in [-0.15, -0.1) is 12.4 Å². The SMILES string of the molecule is Cl.O=C1CCC(Nc2ccccc2N2CCNCC2)C(=O)N1. The number of imide groups is 1. The van der Waals surface area contributed by atoms with Gasteiger partial charge in [-0.3, -0.25) is 14.9 Å². The maximum absolute atomic E-state index is 11.9. The number of amides is 2. The van der Waals surface area contributed by atoms with Gasteiger partial charge in [-0.1, -0.05) is 12.1 Å². The molecule has 120 valence electrons. The van der Waals surface area contributed by atoms with Gasteiger partial charge in [-0.25, -0.2) is 0 Å². The fourth-order valence-corrected chi connectivity index (χ4v) is 2.80. The Labute approximate surface area is 136 Å². The first-order valence-electron chi connectivity index (χ1n) is 7.39. The molecule has 2 aliphatic heterocycles. The van der Waals surface area contributed by atoms with Gasteiger partial charge in [0.15, 0.2) is 0 Å². The van der Waals surface area contributed by atoms with E-state index in [4.69, 9.17) is 0 Å². The zero-order valence-electron chi connectivity index (χ0n) is 12.3. The summed E-state index contributed by atoms with van der Waals surface area (Å²) in [6.45, 7) is 3.83. The van der Waals surface area contributed by atoms with Crippen LogP contribution in [-0.2, 0) is 9.59 Å². The van der Waals surface area contributed by atoms with Crippen molar-refractivity contribution in [3.63, 3.8) is 0 Å². The van der Waals surface area contributed by atoms with Gasteiger partial charge in [0.1, 0.15) is 6.04 Å². The summed E-state index contributed by atoms with van der Waals surface area (Å²) >= 11 is 0. The number of hydrogen-bond donors (Lipinski definition) is 3. The molecule has 1 atom stereocenters. The molecule has 2 heterocycles. The summed E-state index contributed by atoms with van der Waals surface area (Å²) in [4.78, 5) is 25.4. The van der Waals surface area contributed by atoms with E-state index in [0.717, 1.165) is 37.6 Å². The molecular formula is C15H21ClN4O2. The van der Waals surface area contributed by atoms with E-state index in [9.17, 15) is 9.59 Å². The summed E-state index contributed by atoms with van der Waals surface area (Å²) in [5.41, 5.74) is 2.07. The van der Waals surface area contributed by atoms with Gasteiger partial charge in [-0.05, 0) is 18.6 Å². The Hall–Kier alpha value is -1.79. The van der Waals surface area contributed by atoms with Gasteiger partial charge < -0.3 is 15.5 Å². The Morgan fingerprint density at radius 2 is 1.86 bits per heavy atom. The first-order valence-corrected chi connectivity index (χ1v) is 7.39. The second kappa shape index (κ2) is 7.47. The number of nitrogens with zero attached hydrogens (tertiary/aromatic N) is 1. The molecule has 1 unspecified atom stereocenters. The van der Waals surface area contributed by atoms with Crippen LogP contribution in [-0.4, -0.2) is 44.0 Å². The number of piperidine rings is 1. The van der Waals surface area contributed by atoms with E-state index in [-0.39, 0.29) is 30.3 Å². The normalized spacial score (nSPS) is 21.8. The summed E-state index contributed by atoms with van der Waals surface area (Å²) in [5.74, 6) is -0.421. The molecule has 2 amide bonds. The van der Waals surface area contributed by atoms with Crippen LogP contribution >= 0.6 is 12.4 Å². The Morgan fingerprint density at radius 1 is 1.14 bits per heavy atom. The Bertz CT molecular complexity index is 546. The molecule has 1 aromatic carbocycles. The number of piperazine rings is 1. The van der Waals surface area contributed by atoms with Crippen LogP contribution in [0.15, 0.2) is 24.3 Å². The molecule has 0 aliphatic carbocycles. The van der Waals surface area contributed by atoms with Gasteiger partial charge in [0.25, 0.3) is 0 Å². The van der Waals surface area contributed by atoms with E-state index < -0.39 is 0 Å². The third-order valence-electron chi connectivity index (χ3n) is 3.93. The van der Waals surface area contributed by atoms with Crippen LogP contribution in [0.25, 0.3) is 0 Å². The number of hydrogen-bond acceptors (Lipinski definition) is 5. The first kappa shape index (κ1) is 16.6. The zero-order valence-corrected chi connectivity index (χ0v) is 13.1. The number of carbonyl (C=O) groups excluding carboxylic acids is 2. The number of halogens is 1. The minimum absolute atomic E-state index is 0. The van der Waals surface area contributed by atoms with Gasteiger partial charge >= 0.3 is 0 Å². The minimum Gasteiger partial charge on any atom is -0.372 e. The molecule has 2 aliphatic rings. The van der Waals surface area contributed by atoms with Crippen LogP contribution in [0.5, 0.6) is 0 Å². The number of rotatable bonds is 3. The van der Waals surface area contributed by atoms with Crippen molar-refractivity contribution in [1.82, 2.24) is 10.6 Å². The van der Waals surface area contributed by atoms with E-state index in [1.54, 1.807) is 0 Å². The molecule has 1 aromatic rings. The molecule has 3 rings (SSSR count). The van der Waals surface area contributed by atoms with E-state index in [1.165, 1.54) is 0 Å². The summed E-state index contributed by atoms with van der Waals surface area (Å²) in [7, 11) is 0. The smallest absolute Gasteiger partial charge is 0.249 e. The zero-order chi connectivity index (χ0) is 14.7. The van der Waals surface area contributed by atoms with Crippen LogP contribution in [0.4, 0.5) is 11.4 Å². The van der Waals surface area contributed by atoms with E-state index in [0.29, 0.717) is 12.8 Å². The van der Waals surface area contributed by atoms with Crippen molar-refractivity contribution in [3.8, 4) is 0 Å². The largest absolute Gasteiger partial charge is 0.372 e. The highest BCUT2D eigenvalue weighted by Gasteiger charge is 2.27. The van der Waals surface area contributed by atoms with E-state index in [1.807, 2.05) is 18.2 Å². The lowest BCUT2D eigenvalue weighted by Gasteiger charge is -2.32. The van der Waals surface area contributed by atoms with Crippen molar-refractivity contribution >= 4 is 35.6 Å². The van der Waals surface area contributed by atoms with Crippen molar-refractivity contribution in [2.24, 2.45) is 0 Å². The van der Waals surface area contributed by atoms with Gasteiger partial charge in [0, 0.05) is 32.6 Å². The van der Waals surface area contributed by atoms with Crippen molar-refractivity contribution in [1.29, 1.82) is 0 Å². The quantitative estimate of drug-likeness (QED) is 0.715. The van der Waals surface area contributed by atoms with E-state index >= 15 is 0 Å². The van der Waals surface area contributed by atoms with Crippen LogP contribution < -0.4 is 20.9 Å². The van der Waals surface area contributed by atoms with Gasteiger partial charge in [-0.2, -0.15) is 0 Å². The number of para-hydroxylation sites is 2. The topological polar surface area (TPSA) is 73.5 Å². The highest BCUT2D eigenvalue weighted by atomic mass is 35.5. The third-order valence-corrected chi connectivity index (χ3v) is 3.93. The van der Waals surface area contributed by atoms with Crippen LogP contribution in [0.1, 0.15) is 12.8 Å². The predicted molar refractivity (Wildman–Crippen MR) is 88.6 cm³/mol. The van der Waals surface area contributed by atoms with Crippen molar-refractivity contribution in [3.05, 3.63) is 24.3 Å². The Kier molecular flexibility index (Phi) is 5.63. The molecule has 0 saturated carbocycles. The van der Waals surface area contributed by atoms with Gasteiger partial charge in [0.2, 0.25) is 11.8 Å². The van der Waals surface area contributed by atoms with Crippen LogP contribution in [0.2, 0.25) is 0 Å². The molecule has 22 heavy (non-hydrogen) atoms. The highest BCUT2D eigenvalue weighted by molar-refractivity contribution is 6.01. The van der Waals surface area contributed by atoms with Crippen molar-refractivity contribution in [2.45, 2.75) is 18.9 Å². The molecule has 6 nitrogen and oxygen atoms in total. The standard InChI is InChI=1S/C15H20N4O2.ClH/c20-14-6-5-12(15(21)18-14)17-11-3-1-2-4-13(11)19-9-7-16-8-10-19;/h1-4,12,16-17H,5-10H2,(H,18,20,21);1H. The lowest BCUT2D eigenvalue weighted by molar-refractivity contribution is -0.133. The number of anilines is 2. The molecule has 0 radical (unpaired) electrons. The van der Waals surface area contributed by atoms with Crippen molar-refractivity contribution < 1.29 is 9.59 Å². The average Bonchev–Trinajstić information content (AvgIpc) is 2.51. The summed E-state index contributed by atoms with van der Waals surface area (Å²) in [6, 6.07) is 7.68. The third kappa shape index (κ3) is 3.69. The molecule has 0 bridgehead atoms. The monoisotopic (exact) mass is 324 g/mol. The average molecular weight is 325 g/mol. The van der Waals surface area contributed by atoms with Crippen molar-refractivity contribution in [2.75, 3.05) is 36.4 Å². The summed E-state index contributed by atoms with van der Waals surface area (Å²) in [5, 5.41) is 9.01. The second-order valence-electron chi connectivity index (χ2n) is 5.40. The Balaban J connectivity index is 0.00000176. The molecule has 2 saturated heterocycles. The number of nitrogens with one attached hydrogen (secondary N) is 3. The fourth-order valence-electron chi connectivity index (χ4n) is 2.80. The predicted octanol–water partition coefficient (Wildman–Crippen LogP) is 0.735. The minimum atomic E-state index is -0.341. The highest BCUT2D eigenvalue weighted by Crippen LogP contribution is 2.27. The Morgan fingerprint density at radius 3 is 2.59 bits per heavy atom. The summed E-state index contributed by atoms with van der Waals surface area (Å²) < 4.78 is 0. The second-order valence-corrected chi connectivity index (χ2v) is 5.40. The van der Waals surface area contributed by atoms with Gasteiger partial charge in [0.05, 0.1) is 11.4 Å². The maximum atomic E-state index is 11.9.